The zero-order valence-corrected chi connectivity index (χ0v) is 17.9. The van der Waals surface area contributed by atoms with E-state index in [0.717, 1.165) is 21.8 Å². The predicted molar refractivity (Wildman–Crippen MR) is 123 cm³/mol. The predicted octanol–water partition coefficient (Wildman–Crippen LogP) is 5.12. The van der Waals surface area contributed by atoms with E-state index in [-0.39, 0.29) is 17.5 Å². The lowest BCUT2D eigenvalue weighted by molar-refractivity contribution is -0.118. The molecule has 0 fully saturated rings. The second-order valence-corrected chi connectivity index (χ2v) is 8.04. The van der Waals surface area contributed by atoms with Gasteiger partial charge in [-0.15, -0.1) is 0 Å². The largest absolute Gasteiger partial charge is 0.314 e. The number of aromatic nitrogens is 2. The Kier molecular flexibility index (Phi) is 6.64. The molecule has 31 heavy (non-hydrogen) atoms. The number of nitrogens with one attached hydrogen (secondary N) is 1. The Hall–Kier alpha value is -3.16. The molecule has 4 aromatic rings. The van der Waals surface area contributed by atoms with Crippen molar-refractivity contribution in [2.24, 2.45) is 5.10 Å². The Labute approximate surface area is 187 Å². The van der Waals surface area contributed by atoms with Gasteiger partial charge >= 0.3 is 0 Å². The molecule has 156 valence electrons. The highest BCUT2D eigenvalue weighted by atomic mass is 35.5. The molecule has 0 bridgehead atoms. The van der Waals surface area contributed by atoms with Crippen molar-refractivity contribution in [3.8, 4) is 0 Å². The molecule has 0 unspecified atom stereocenters. The van der Waals surface area contributed by atoms with Gasteiger partial charge in [0.15, 0.2) is 5.16 Å². The average Bonchev–Trinajstić information content (AvgIpc) is 3.13. The summed E-state index contributed by atoms with van der Waals surface area (Å²) in [6.07, 6.45) is 1.47. The lowest BCUT2D eigenvalue weighted by Gasteiger charge is -2.10. The summed E-state index contributed by atoms with van der Waals surface area (Å²) in [5.74, 6) is -0.441. The van der Waals surface area contributed by atoms with E-state index in [4.69, 9.17) is 11.6 Å². The van der Waals surface area contributed by atoms with Crippen LogP contribution in [0.2, 0.25) is 5.02 Å². The number of fused-ring (bicyclic) bond motifs is 1. The van der Waals surface area contributed by atoms with Gasteiger partial charge in [0.05, 0.1) is 29.5 Å². The molecule has 0 aliphatic carbocycles. The molecule has 4 rings (SSSR count). The Bertz CT molecular complexity index is 1240. The Morgan fingerprint density at radius 2 is 1.84 bits per heavy atom. The number of hydrogen-bond donors (Lipinski definition) is 1. The van der Waals surface area contributed by atoms with Crippen LogP contribution in [0, 0.1) is 5.82 Å². The number of amides is 1. The van der Waals surface area contributed by atoms with Crippen molar-refractivity contribution in [3.63, 3.8) is 0 Å². The van der Waals surface area contributed by atoms with Gasteiger partial charge in [-0.2, -0.15) is 5.10 Å². The third-order valence-electron chi connectivity index (χ3n) is 4.51. The number of hydrogen-bond acceptors (Lipinski definition) is 4. The molecular weight excluding hydrogens is 435 g/mol. The fourth-order valence-electron chi connectivity index (χ4n) is 3.00. The first-order chi connectivity index (χ1) is 15.1. The quantitative estimate of drug-likeness (QED) is 0.240. The standard InChI is InChI=1S/C23H18ClFN4OS/c24-19-6-2-1-5-17(19)14-29-21-8-4-3-7-20(21)27-23(29)31-15-22(30)28-26-13-16-9-11-18(25)12-10-16/h1-13H,14-15H2,(H,28,30). The Balaban J connectivity index is 1.46. The van der Waals surface area contributed by atoms with Gasteiger partial charge in [-0.1, -0.05) is 65.8 Å². The lowest BCUT2D eigenvalue weighted by atomic mass is 10.2. The maximum absolute atomic E-state index is 12.9. The molecule has 3 aromatic carbocycles. The molecule has 1 amide bonds. The number of carbonyl (C=O) groups excluding carboxylic acids is 1. The van der Waals surface area contributed by atoms with Crippen molar-refractivity contribution >= 4 is 46.5 Å². The molecule has 5 nitrogen and oxygen atoms in total. The number of rotatable bonds is 7. The van der Waals surface area contributed by atoms with E-state index in [1.807, 2.05) is 48.5 Å². The number of imidazole rings is 1. The van der Waals surface area contributed by atoms with Crippen LogP contribution in [0.25, 0.3) is 11.0 Å². The van der Waals surface area contributed by atoms with Crippen LogP contribution in [-0.2, 0) is 11.3 Å². The summed E-state index contributed by atoms with van der Waals surface area (Å²) in [4.78, 5) is 16.9. The van der Waals surface area contributed by atoms with Gasteiger partial charge < -0.3 is 4.57 Å². The maximum Gasteiger partial charge on any atom is 0.250 e. The van der Waals surface area contributed by atoms with Crippen molar-refractivity contribution in [1.29, 1.82) is 0 Å². The minimum absolute atomic E-state index is 0.145. The minimum atomic E-state index is -0.322. The summed E-state index contributed by atoms with van der Waals surface area (Å²) in [6, 6.07) is 21.3. The first-order valence-corrected chi connectivity index (χ1v) is 10.9. The summed E-state index contributed by atoms with van der Waals surface area (Å²) in [7, 11) is 0. The molecule has 0 atom stereocenters. The van der Waals surface area contributed by atoms with E-state index in [2.05, 4.69) is 20.1 Å². The van der Waals surface area contributed by atoms with Crippen LogP contribution < -0.4 is 5.43 Å². The fourth-order valence-corrected chi connectivity index (χ4v) is 4.01. The zero-order chi connectivity index (χ0) is 21.6. The highest BCUT2D eigenvalue weighted by Gasteiger charge is 2.14. The summed E-state index contributed by atoms with van der Waals surface area (Å²) >= 11 is 7.67. The van der Waals surface area contributed by atoms with Crippen molar-refractivity contribution in [1.82, 2.24) is 15.0 Å². The highest BCUT2D eigenvalue weighted by Crippen LogP contribution is 2.27. The number of halogens is 2. The molecule has 0 spiro atoms. The van der Waals surface area contributed by atoms with Gasteiger partial charge in [0, 0.05) is 5.02 Å². The van der Waals surface area contributed by atoms with Crippen LogP contribution in [0.3, 0.4) is 0 Å². The summed E-state index contributed by atoms with van der Waals surface area (Å²) < 4.78 is 15.0. The van der Waals surface area contributed by atoms with Gasteiger partial charge in [0.25, 0.3) is 5.91 Å². The van der Waals surface area contributed by atoms with Crippen LogP contribution in [0.5, 0.6) is 0 Å². The smallest absolute Gasteiger partial charge is 0.250 e. The number of hydrazone groups is 1. The molecule has 0 saturated heterocycles. The number of para-hydroxylation sites is 2. The lowest BCUT2D eigenvalue weighted by Crippen LogP contribution is -2.20. The third-order valence-corrected chi connectivity index (χ3v) is 5.86. The molecule has 8 heteroatoms. The van der Waals surface area contributed by atoms with E-state index in [0.29, 0.717) is 17.1 Å². The normalized spacial score (nSPS) is 11.3. The van der Waals surface area contributed by atoms with Crippen LogP contribution in [0.1, 0.15) is 11.1 Å². The summed E-state index contributed by atoms with van der Waals surface area (Å²) in [5.41, 5.74) is 5.98. The molecule has 0 radical (unpaired) electrons. The van der Waals surface area contributed by atoms with E-state index in [9.17, 15) is 9.18 Å². The minimum Gasteiger partial charge on any atom is -0.314 e. The molecule has 0 aliphatic heterocycles. The summed E-state index contributed by atoms with van der Waals surface area (Å²) in [6.45, 7) is 0.548. The number of thioether (sulfide) groups is 1. The van der Waals surface area contributed by atoms with Gasteiger partial charge in [0.2, 0.25) is 0 Å². The van der Waals surface area contributed by atoms with Crippen molar-refractivity contribution in [3.05, 3.63) is 94.8 Å². The van der Waals surface area contributed by atoms with Gasteiger partial charge in [-0.25, -0.2) is 14.8 Å². The highest BCUT2D eigenvalue weighted by molar-refractivity contribution is 7.99. The first kappa shape index (κ1) is 21.1. The second-order valence-electron chi connectivity index (χ2n) is 6.69. The topological polar surface area (TPSA) is 59.3 Å². The average molecular weight is 453 g/mol. The fraction of sp³-hybridized carbons (Fsp3) is 0.0870. The number of carbonyl (C=O) groups is 1. The van der Waals surface area contributed by atoms with Crippen LogP contribution in [0.4, 0.5) is 4.39 Å². The molecule has 1 aromatic heterocycles. The van der Waals surface area contributed by atoms with Crippen molar-refractivity contribution < 1.29 is 9.18 Å². The van der Waals surface area contributed by atoms with Gasteiger partial charge in [0.1, 0.15) is 5.82 Å². The van der Waals surface area contributed by atoms with Crippen molar-refractivity contribution in [2.75, 3.05) is 5.75 Å². The molecule has 0 aliphatic rings. The molecular formula is C23H18ClFN4OS. The van der Waals surface area contributed by atoms with E-state index >= 15 is 0 Å². The van der Waals surface area contributed by atoms with Gasteiger partial charge in [-0.3, -0.25) is 4.79 Å². The van der Waals surface area contributed by atoms with Crippen LogP contribution in [0.15, 0.2) is 83.1 Å². The third kappa shape index (κ3) is 5.31. The SMILES string of the molecule is O=C(CSc1nc2ccccc2n1Cc1ccccc1Cl)NN=Cc1ccc(F)cc1. The number of benzene rings is 3. The molecule has 0 saturated carbocycles. The molecule has 1 N–H and O–H groups in total. The maximum atomic E-state index is 12.9. The molecule has 1 heterocycles. The van der Waals surface area contributed by atoms with E-state index in [1.165, 1.54) is 30.1 Å². The van der Waals surface area contributed by atoms with Crippen LogP contribution in [-0.4, -0.2) is 27.4 Å². The number of nitrogens with zero attached hydrogens (tertiary/aromatic N) is 3. The zero-order valence-electron chi connectivity index (χ0n) is 16.3. The van der Waals surface area contributed by atoms with Gasteiger partial charge in [-0.05, 0) is 41.5 Å². The van der Waals surface area contributed by atoms with E-state index < -0.39 is 0 Å². The Morgan fingerprint density at radius 1 is 1.10 bits per heavy atom. The monoisotopic (exact) mass is 452 g/mol. The first-order valence-electron chi connectivity index (χ1n) is 9.49. The Morgan fingerprint density at radius 3 is 2.65 bits per heavy atom. The van der Waals surface area contributed by atoms with E-state index in [1.54, 1.807) is 12.1 Å². The summed E-state index contributed by atoms with van der Waals surface area (Å²) in [5, 5.41) is 5.33. The van der Waals surface area contributed by atoms with Crippen molar-refractivity contribution in [2.45, 2.75) is 11.7 Å². The second kappa shape index (κ2) is 9.76. The van der Waals surface area contributed by atoms with Crippen LogP contribution >= 0.6 is 23.4 Å².